The van der Waals surface area contributed by atoms with Crippen LogP contribution in [0.15, 0.2) is 68.9 Å². The van der Waals surface area contributed by atoms with Gasteiger partial charge in [-0.15, -0.1) is 0 Å². The van der Waals surface area contributed by atoms with E-state index in [-0.39, 0.29) is 22.1 Å². The number of rotatable bonds is 9. The number of allylic oxidation sites excluding steroid dienone is 3. The van der Waals surface area contributed by atoms with E-state index in [0.717, 1.165) is 12.8 Å². The molecule has 1 N–H and O–H groups in total. The van der Waals surface area contributed by atoms with E-state index in [2.05, 4.69) is 32.9 Å². The van der Waals surface area contributed by atoms with Gasteiger partial charge in [-0.2, -0.15) is 0 Å². The van der Waals surface area contributed by atoms with E-state index < -0.39 is 0 Å². The predicted molar refractivity (Wildman–Crippen MR) is 131 cm³/mol. The number of methoxy groups -OCH3 is 2. The summed E-state index contributed by atoms with van der Waals surface area (Å²) in [5, 5.41) is 10.3. The lowest BCUT2D eigenvalue weighted by atomic mass is 10.1. The van der Waals surface area contributed by atoms with E-state index in [1.807, 2.05) is 0 Å². The van der Waals surface area contributed by atoms with E-state index >= 15 is 0 Å². The van der Waals surface area contributed by atoms with Crippen LogP contribution in [0.3, 0.4) is 0 Å². The third-order valence-corrected chi connectivity index (χ3v) is 5.23. The molecule has 0 atom stereocenters. The van der Waals surface area contributed by atoms with Crippen molar-refractivity contribution in [2.75, 3.05) is 20.8 Å². The van der Waals surface area contributed by atoms with Gasteiger partial charge in [0.15, 0.2) is 16.9 Å². The average Bonchev–Trinajstić information content (AvgIpc) is 2.78. The summed E-state index contributed by atoms with van der Waals surface area (Å²) in [5.41, 5.74) is 3.10. The molecule has 0 saturated carbocycles. The van der Waals surface area contributed by atoms with Gasteiger partial charge in [0.25, 0.3) is 0 Å². The van der Waals surface area contributed by atoms with Crippen LogP contribution in [-0.2, 0) is 0 Å². The van der Waals surface area contributed by atoms with Gasteiger partial charge >= 0.3 is 0 Å². The third-order valence-electron chi connectivity index (χ3n) is 5.23. The van der Waals surface area contributed by atoms with Crippen LogP contribution in [0, 0.1) is 0 Å². The second-order valence-corrected chi connectivity index (χ2v) is 8.04. The number of ether oxygens (including phenoxy) is 3. The monoisotopic (exact) mass is 450 g/mol. The minimum atomic E-state index is -0.348. The maximum Gasteiger partial charge on any atom is 0.197 e. The van der Waals surface area contributed by atoms with Crippen molar-refractivity contribution in [3.8, 4) is 34.3 Å². The quantitative estimate of drug-likeness (QED) is 0.388. The van der Waals surface area contributed by atoms with Gasteiger partial charge in [0.1, 0.15) is 34.8 Å². The molecule has 2 aromatic carbocycles. The summed E-state index contributed by atoms with van der Waals surface area (Å²) in [6.45, 7) is 6.67. The van der Waals surface area contributed by atoms with Gasteiger partial charge in [0.2, 0.25) is 0 Å². The zero-order valence-electron chi connectivity index (χ0n) is 19.7. The molecular formula is C27H30O6. The molecule has 0 fully saturated rings. The van der Waals surface area contributed by atoms with Crippen molar-refractivity contribution in [1.29, 1.82) is 0 Å². The smallest absolute Gasteiger partial charge is 0.197 e. The zero-order valence-corrected chi connectivity index (χ0v) is 19.7. The second-order valence-electron chi connectivity index (χ2n) is 8.04. The molecule has 0 saturated heterocycles. The van der Waals surface area contributed by atoms with Gasteiger partial charge in [0.05, 0.1) is 14.2 Å². The van der Waals surface area contributed by atoms with E-state index in [1.165, 1.54) is 30.4 Å². The fraction of sp³-hybridized carbons (Fsp3) is 0.296. The van der Waals surface area contributed by atoms with Crippen LogP contribution in [-0.4, -0.2) is 25.9 Å². The van der Waals surface area contributed by atoms with E-state index in [1.54, 1.807) is 31.4 Å². The third kappa shape index (κ3) is 5.98. The highest BCUT2D eigenvalue weighted by molar-refractivity contribution is 5.86. The molecule has 0 bridgehead atoms. The van der Waals surface area contributed by atoms with Crippen molar-refractivity contribution in [3.05, 3.63) is 69.9 Å². The molecule has 0 unspecified atom stereocenters. The van der Waals surface area contributed by atoms with Crippen LogP contribution in [0.25, 0.3) is 22.3 Å². The molecule has 174 valence electrons. The lowest BCUT2D eigenvalue weighted by Gasteiger charge is -2.12. The number of fused-ring (bicyclic) bond motifs is 1. The Labute approximate surface area is 193 Å². The van der Waals surface area contributed by atoms with Gasteiger partial charge in [-0.3, -0.25) is 4.79 Å². The molecule has 3 rings (SSSR count). The van der Waals surface area contributed by atoms with Crippen molar-refractivity contribution in [3.63, 3.8) is 0 Å². The fourth-order valence-electron chi connectivity index (χ4n) is 3.41. The summed E-state index contributed by atoms with van der Waals surface area (Å²) in [4.78, 5) is 12.6. The summed E-state index contributed by atoms with van der Waals surface area (Å²) in [6.07, 6.45) is 6.25. The standard InChI is InChI=1S/C27H30O6/c1-17(2)7-6-8-18(3)11-12-32-25-13-19(9-10-23(25)31-5)24-16-22(29)27-21(28)14-20(30-4)15-26(27)33-24/h7,9-11,13-16,28H,6,8,12H2,1-5H3/b18-11+. The lowest BCUT2D eigenvalue weighted by Crippen LogP contribution is -2.02. The van der Waals surface area contributed by atoms with E-state index in [0.29, 0.717) is 35.2 Å². The first kappa shape index (κ1) is 24.0. The maximum atomic E-state index is 12.6. The van der Waals surface area contributed by atoms with Gasteiger partial charge in [-0.1, -0.05) is 17.2 Å². The molecule has 0 spiro atoms. The number of phenolic OH excluding ortho intramolecular Hbond substituents is 1. The molecule has 33 heavy (non-hydrogen) atoms. The van der Waals surface area contributed by atoms with Crippen molar-refractivity contribution in [1.82, 2.24) is 0 Å². The fourth-order valence-corrected chi connectivity index (χ4v) is 3.41. The molecule has 0 radical (unpaired) electrons. The minimum absolute atomic E-state index is 0.109. The number of phenols is 1. The first-order valence-electron chi connectivity index (χ1n) is 10.8. The summed E-state index contributed by atoms with van der Waals surface area (Å²) in [7, 11) is 3.06. The molecule has 3 aromatic rings. The van der Waals surface area contributed by atoms with Gasteiger partial charge < -0.3 is 23.7 Å². The maximum absolute atomic E-state index is 12.6. The largest absolute Gasteiger partial charge is 0.507 e. The Hall–Kier alpha value is -3.67. The highest BCUT2D eigenvalue weighted by Gasteiger charge is 2.14. The molecule has 1 heterocycles. The molecule has 0 amide bonds. The Morgan fingerprint density at radius 3 is 2.48 bits per heavy atom. The van der Waals surface area contributed by atoms with E-state index in [9.17, 15) is 9.90 Å². The van der Waals surface area contributed by atoms with Crippen LogP contribution >= 0.6 is 0 Å². The van der Waals surface area contributed by atoms with Gasteiger partial charge in [0, 0.05) is 23.8 Å². The van der Waals surface area contributed by atoms with Crippen molar-refractivity contribution >= 4 is 11.0 Å². The normalized spacial score (nSPS) is 11.4. The molecule has 6 nitrogen and oxygen atoms in total. The average molecular weight is 451 g/mol. The lowest BCUT2D eigenvalue weighted by molar-refractivity contribution is 0.325. The first-order chi connectivity index (χ1) is 15.8. The van der Waals surface area contributed by atoms with Crippen LogP contribution in [0.4, 0.5) is 0 Å². The molecular weight excluding hydrogens is 420 g/mol. The molecule has 0 aliphatic heterocycles. The van der Waals surface area contributed by atoms with Crippen LogP contribution in [0.2, 0.25) is 0 Å². The first-order valence-corrected chi connectivity index (χ1v) is 10.8. The van der Waals surface area contributed by atoms with E-state index in [4.69, 9.17) is 18.6 Å². The Morgan fingerprint density at radius 1 is 1.00 bits per heavy atom. The van der Waals surface area contributed by atoms with Crippen LogP contribution in [0.5, 0.6) is 23.0 Å². The zero-order chi connectivity index (χ0) is 24.0. The summed E-state index contributed by atoms with van der Waals surface area (Å²) in [6, 6.07) is 9.64. The van der Waals surface area contributed by atoms with Crippen molar-refractivity contribution in [2.24, 2.45) is 0 Å². The van der Waals surface area contributed by atoms with Gasteiger partial charge in [-0.05, 0) is 57.9 Å². The number of hydrogen-bond donors (Lipinski definition) is 1. The molecule has 1 aromatic heterocycles. The highest BCUT2D eigenvalue weighted by atomic mass is 16.5. The summed E-state index contributed by atoms with van der Waals surface area (Å²) in [5.74, 6) is 1.68. The Morgan fingerprint density at radius 2 is 1.79 bits per heavy atom. The predicted octanol–water partition coefficient (Wildman–Crippen LogP) is 6.25. The van der Waals surface area contributed by atoms with Crippen LogP contribution < -0.4 is 19.6 Å². The second kappa shape index (κ2) is 10.8. The summed E-state index contributed by atoms with van der Waals surface area (Å²) >= 11 is 0. The van der Waals surface area contributed by atoms with Crippen molar-refractivity contribution < 1.29 is 23.7 Å². The number of aromatic hydroxyl groups is 1. The molecule has 0 aliphatic rings. The minimum Gasteiger partial charge on any atom is -0.507 e. The Bertz CT molecular complexity index is 1250. The number of hydrogen-bond acceptors (Lipinski definition) is 6. The Kier molecular flexibility index (Phi) is 7.83. The Balaban J connectivity index is 1.88. The topological polar surface area (TPSA) is 78.1 Å². The van der Waals surface area contributed by atoms with Crippen LogP contribution in [0.1, 0.15) is 33.6 Å². The SMILES string of the molecule is COc1cc(O)c2c(=O)cc(-c3ccc(OC)c(OC/C=C(\C)CCC=C(C)C)c3)oc2c1. The molecule has 6 heteroatoms. The number of benzene rings is 2. The highest BCUT2D eigenvalue weighted by Crippen LogP contribution is 2.35. The summed E-state index contributed by atoms with van der Waals surface area (Å²) < 4.78 is 22.5. The van der Waals surface area contributed by atoms with Gasteiger partial charge in [-0.25, -0.2) is 0 Å². The molecule has 0 aliphatic carbocycles. The van der Waals surface area contributed by atoms with Crippen molar-refractivity contribution in [2.45, 2.75) is 33.6 Å².